The van der Waals surface area contributed by atoms with E-state index in [1.807, 2.05) is 0 Å². The Hall–Kier alpha value is 0.503. The van der Waals surface area contributed by atoms with E-state index in [9.17, 15) is 0 Å². The van der Waals surface area contributed by atoms with Crippen LogP contribution in [0.15, 0.2) is 0 Å². The van der Waals surface area contributed by atoms with Crippen molar-refractivity contribution in [3.8, 4) is 0 Å². The normalized spacial score (nSPS) is 12.0. The van der Waals surface area contributed by atoms with Crippen LogP contribution in [0.2, 0.25) is 5.25 Å². The van der Waals surface area contributed by atoms with Crippen LogP contribution in [0.5, 0.6) is 0 Å². The van der Waals surface area contributed by atoms with E-state index in [2.05, 4.69) is 49.1 Å². The van der Waals surface area contributed by atoms with Gasteiger partial charge in [-0.2, -0.15) is 0 Å². The maximum absolute atomic E-state index is 2.55. The van der Waals surface area contributed by atoms with Crippen LogP contribution in [0.25, 0.3) is 0 Å². The van der Waals surface area contributed by atoms with Gasteiger partial charge in [-0.05, 0) is 0 Å². The van der Waals surface area contributed by atoms with E-state index in [1.165, 1.54) is 18.2 Å². The summed E-state index contributed by atoms with van der Waals surface area (Å²) in [6.07, 6.45) is 1.33. The number of nitrogens with zero attached hydrogens (tertiary/aromatic N) is 1. The summed E-state index contributed by atoms with van der Waals surface area (Å²) in [6, 6.07) is 1.39. The van der Waals surface area contributed by atoms with Gasteiger partial charge in [0.15, 0.2) is 0 Å². The van der Waals surface area contributed by atoms with Gasteiger partial charge < -0.3 is 0 Å². The second kappa shape index (κ2) is 6.07. The maximum atomic E-state index is 2.55. The molecule has 0 N–H and O–H groups in total. The van der Waals surface area contributed by atoms with Crippen LogP contribution < -0.4 is 0 Å². The summed E-state index contributed by atoms with van der Waals surface area (Å²) in [6.45, 7) is 10.3. The van der Waals surface area contributed by atoms with E-state index >= 15 is 0 Å². The molecule has 0 spiro atoms. The van der Waals surface area contributed by atoms with Gasteiger partial charge in [0, 0.05) is 0 Å². The van der Waals surface area contributed by atoms with Gasteiger partial charge in [-0.3, -0.25) is 0 Å². The summed E-state index contributed by atoms with van der Waals surface area (Å²) in [5.41, 5.74) is 0. The fourth-order valence-electron chi connectivity index (χ4n) is 1.37. The molecule has 0 aromatic heterocycles. The van der Waals surface area contributed by atoms with Crippen molar-refractivity contribution < 1.29 is 0 Å². The summed E-state index contributed by atoms with van der Waals surface area (Å²) in [4.78, 5) is 2.55. The second-order valence-corrected chi connectivity index (χ2v) is 4.58. The second-order valence-electron chi connectivity index (χ2n) is 3.53. The average Bonchev–Trinajstić information content (AvgIpc) is 1.87. The Morgan fingerprint density at radius 3 is 1.82 bits per heavy atom. The third-order valence-corrected chi connectivity index (χ3v) is 2.66. The molecule has 0 rings (SSSR count). The van der Waals surface area contributed by atoms with E-state index < -0.39 is 0 Å². The molecule has 0 bridgehead atoms. The summed E-state index contributed by atoms with van der Waals surface area (Å²) in [5, 5.41) is 1.30. The molecule has 0 atom stereocenters. The molecule has 3 radical (unpaired) electrons. The van der Waals surface area contributed by atoms with Crippen LogP contribution in [0.3, 0.4) is 0 Å². The van der Waals surface area contributed by atoms with Crippen molar-refractivity contribution >= 4 is 16.5 Å². The average molecular weight is 215 g/mol. The molecule has 11 heavy (non-hydrogen) atoms. The molecule has 2 heteroatoms. The van der Waals surface area contributed by atoms with Gasteiger partial charge in [0.2, 0.25) is 0 Å². The number of hydrogen-bond acceptors (Lipinski definition) is 1. The molecular weight excluding hydrogens is 195 g/mol. The molecule has 0 aliphatic rings. The molecule has 0 saturated heterocycles. The van der Waals surface area contributed by atoms with Crippen molar-refractivity contribution in [1.82, 2.24) is 4.90 Å². The van der Waals surface area contributed by atoms with Crippen molar-refractivity contribution in [1.29, 1.82) is 0 Å². The predicted molar refractivity (Wildman–Crippen MR) is 52.2 cm³/mol. The quantitative estimate of drug-likeness (QED) is 0.634. The zero-order chi connectivity index (χ0) is 8.85. The van der Waals surface area contributed by atoms with Crippen LogP contribution in [-0.4, -0.2) is 40.0 Å². The van der Waals surface area contributed by atoms with E-state index in [-0.39, 0.29) is 0 Å². The first-order valence-electron chi connectivity index (χ1n) is 4.50. The summed E-state index contributed by atoms with van der Waals surface area (Å²) in [7, 11) is 0. The zero-order valence-corrected chi connectivity index (χ0v) is 10.3. The third kappa shape index (κ3) is 4.86. The molecule has 65 valence electrons. The molecule has 0 aromatic carbocycles. The van der Waals surface area contributed by atoms with Crippen molar-refractivity contribution in [2.45, 2.75) is 51.5 Å². The summed E-state index contributed by atoms with van der Waals surface area (Å²) in [5.74, 6) is 0. The fourth-order valence-corrected chi connectivity index (χ4v) is 1.71. The van der Waals surface area contributed by atoms with Crippen molar-refractivity contribution in [2.24, 2.45) is 0 Å². The van der Waals surface area contributed by atoms with Crippen LogP contribution in [0, 0.1) is 0 Å². The first-order valence-corrected chi connectivity index (χ1v) is 5.98. The van der Waals surface area contributed by atoms with Gasteiger partial charge in [-0.1, -0.05) is 0 Å². The monoisotopic (exact) mass is 216 g/mol. The number of rotatable bonds is 5. The van der Waals surface area contributed by atoms with Crippen LogP contribution >= 0.6 is 0 Å². The van der Waals surface area contributed by atoms with Crippen LogP contribution in [0.4, 0.5) is 0 Å². The predicted octanol–water partition coefficient (Wildman–Crippen LogP) is 2.08. The minimum atomic E-state index is 0.696. The van der Waals surface area contributed by atoms with Gasteiger partial charge in [-0.25, -0.2) is 0 Å². The van der Waals surface area contributed by atoms with Gasteiger partial charge >= 0.3 is 79.4 Å². The third-order valence-electron chi connectivity index (χ3n) is 1.92. The molecule has 0 heterocycles. The van der Waals surface area contributed by atoms with E-state index in [1.54, 1.807) is 0 Å². The molecule has 0 aromatic rings. The van der Waals surface area contributed by atoms with E-state index in [0.717, 1.165) is 0 Å². The van der Waals surface area contributed by atoms with Gasteiger partial charge in [-0.15, -0.1) is 0 Å². The van der Waals surface area contributed by atoms with E-state index in [4.69, 9.17) is 0 Å². The molecule has 0 aliphatic heterocycles. The molecule has 0 unspecified atom stereocenters. The van der Waals surface area contributed by atoms with Gasteiger partial charge in [0.1, 0.15) is 0 Å². The van der Waals surface area contributed by atoms with Crippen molar-refractivity contribution in [2.75, 3.05) is 6.54 Å². The topological polar surface area (TPSA) is 3.24 Å². The standard InChI is InChI=1S/C9H20GeN/c1-8(2)11(9(3)4)7-5-6-10/h8-9H,5-7H2,1-4H3. The first kappa shape index (κ1) is 11.5. The van der Waals surface area contributed by atoms with Gasteiger partial charge in [0.25, 0.3) is 0 Å². The fraction of sp³-hybridized carbons (Fsp3) is 1.00. The molecule has 0 amide bonds. The van der Waals surface area contributed by atoms with Crippen LogP contribution in [0.1, 0.15) is 34.1 Å². The Bertz CT molecular complexity index is 83.6. The Kier molecular flexibility index (Phi) is 6.34. The Morgan fingerprint density at radius 2 is 1.55 bits per heavy atom. The molecular formula is C9H20GeN. The molecule has 0 saturated carbocycles. The zero-order valence-electron chi connectivity index (χ0n) is 8.22. The summed E-state index contributed by atoms with van der Waals surface area (Å²) < 4.78 is 0. The van der Waals surface area contributed by atoms with Crippen LogP contribution in [-0.2, 0) is 0 Å². The van der Waals surface area contributed by atoms with Gasteiger partial charge in [0.05, 0.1) is 0 Å². The Morgan fingerprint density at radius 1 is 1.09 bits per heavy atom. The molecule has 0 fully saturated rings. The summed E-state index contributed by atoms with van der Waals surface area (Å²) >= 11 is 2.25. The minimum absolute atomic E-state index is 0.696. The Labute approximate surface area is 79.8 Å². The molecule has 1 nitrogen and oxygen atoms in total. The SMILES string of the molecule is CC(C)N(CC[CH2][Ge])C(C)C. The first-order chi connectivity index (χ1) is 5.09. The van der Waals surface area contributed by atoms with E-state index in [0.29, 0.717) is 12.1 Å². The van der Waals surface area contributed by atoms with Crippen molar-refractivity contribution in [3.63, 3.8) is 0 Å². The van der Waals surface area contributed by atoms with Crippen molar-refractivity contribution in [3.05, 3.63) is 0 Å². The number of hydrogen-bond donors (Lipinski definition) is 0. The molecule has 0 aliphatic carbocycles. The Balaban J connectivity index is 3.70.